The zero-order valence-corrected chi connectivity index (χ0v) is 17.1. The van der Waals surface area contributed by atoms with Crippen molar-refractivity contribution in [1.29, 1.82) is 0 Å². The van der Waals surface area contributed by atoms with Gasteiger partial charge in [-0.2, -0.15) is 5.10 Å². The highest BCUT2D eigenvalue weighted by Crippen LogP contribution is 2.26. The smallest absolute Gasteiger partial charge is 0.270 e. The van der Waals surface area contributed by atoms with Crippen LogP contribution in [-0.4, -0.2) is 29.3 Å². The lowest BCUT2D eigenvalue weighted by atomic mass is 10.1. The van der Waals surface area contributed by atoms with Gasteiger partial charge < -0.3 is 10.1 Å². The van der Waals surface area contributed by atoms with E-state index in [1.807, 2.05) is 49.4 Å². The molecule has 0 aliphatic heterocycles. The molecule has 0 aliphatic rings. The second kappa shape index (κ2) is 8.30. The van der Waals surface area contributed by atoms with Crippen molar-refractivity contribution in [3.8, 4) is 22.7 Å². The molecule has 0 radical (unpaired) electrons. The lowest BCUT2D eigenvalue weighted by molar-refractivity contribution is 0.0941. The number of methoxy groups -OCH3 is 1. The van der Waals surface area contributed by atoms with E-state index in [0.29, 0.717) is 18.2 Å². The molecule has 28 heavy (non-hydrogen) atoms. The number of aryl methyl sites for hydroxylation is 2. The summed E-state index contributed by atoms with van der Waals surface area (Å²) in [5, 5.41) is 7.77. The number of rotatable bonds is 6. The summed E-state index contributed by atoms with van der Waals surface area (Å²) in [5.41, 5.74) is 5.29. The fraction of sp³-hybridized carbons (Fsp3) is 0.304. The summed E-state index contributed by atoms with van der Waals surface area (Å²) in [6, 6.07) is 15.7. The van der Waals surface area contributed by atoms with Crippen LogP contribution < -0.4 is 10.1 Å². The van der Waals surface area contributed by atoms with E-state index in [1.165, 1.54) is 5.56 Å². The molecule has 0 aliphatic carbocycles. The normalized spacial score (nSPS) is 10.9. The number of amides is 1. The molecule has 0 spiro atoms. The Balaban J connectivity index is 2.10. The third-order valence-corrected chi connectivity index (χ3v) is 4.56. The quantitative estimate of drug-likeness (QED) is 0.686. The van der Waals surface area contributed by atoms with E-state index in [1.54, 1.807) is 11.8 Å². The zero-order chi connectivity index (χ0) is 20.3. The second-order valence-electron chi connectivity index (χ2n) is 7.45. The molecule has 0 bridgehead atoms. The fourth-order valence-electron chi connectivity index (χ4n) is 3.08. The second-order valence-corrected chi connectivity index (χ2v) is 7.45. The fourth-order valence-corrected chi connectivity index (χ4v) is 3.08. The van der Waals surface area contributed by atoms with Crippen LogP contribution in [0, 0.1) is 19.8 Å². The van der Waals surface area contributed by atoms with Crippen molar-refractivity contribution in [2.75, 3.05) is 13.7 Å². The third kappa shape index (κ3) is 4.25. The maximum Gasteiger partial charge on any atom is 0.270 e. The minimum Gasteiger partial charge on any atom is -0.497 e. The van der Waals surface area contributed by atoms with E-state index in [9.17, 15) is 4.79 Å². The van der Waals surface area contributed by atoms with Gasteiger partial charge in [-0.3, -0.25) is 4.79 Å². The molecule has 0 unspecified atom stereocenters. The third-order valence-electron chi connectivity index (χ3n) is 4.56. The Labute approximate surface area is 166 Å². The van der Waals surface area contributed by atoms with E-state index in [2.05, 4.69) is 32.2 Å². The van der Waals surface area contributed by atoms with Crippen LogP contribution in [0.25, 0.3) is 16.9 Å². The highest BCUT2D eigenvalue weighted by Gasteiger charge is 2.19. The summed E-state index contributed by atoms with van der Waals surface area (Å²) in [4.78, 5) is 12.9. The molecule has 5 heteroatoms. The molecule has 0 saturated heterocycles. The van der Waals surface area contributed by atoms with Gasteiger partial charge in [0, 0.05) is 12.1 Å². The summed E-state index contributed by atoms with van der Waals surface area (Å²) in [7, 11) is 1.64. The number of ether oxygens (including phenoxy) is 1. The van der Waals surface area contributed by atoms with E-state index in [-0.39, 0.29) is 5.91 Å². The average molecular weight is 377 g/mol. The van der Waals surface area contributed by atoms with Crippen LogP contribution >= 0.6 is 0 Å². The Morgan fingerprint density at radius 3 is 2.61 bits per heavy atom. The van der Waals surface area contributed by atoms with Crippen molar-refractivity contribution in [2.45, 2.75) is 27.7 Å². The molecule has 1 heterocycles. The molecular weight excluding hydrogens is 350 g/mol. The van der Waals surface area contributed by atoms with Crippen molar-refractivity contribution < 1.29 is 9.53 Å². The van der Waals surface area contributed by atoms with Gasteiger partial charge >= 0.3 is 0 Å². The van der Waals surface area contributed by atoms with Crippen LogP contribution in [0.3, 0.4) is 0 Å². The number of carbonyl (C=O) groups is 1. The number of benzene rings is 2. The summed E-state index contributed by atoms with van der Waals surface area (Å²) >= 11 is 0. The number of hydrogen-bond acceptors (Lipinski definition) is 3. The monoisotopic (exact) mass is 377 g/mol. The number of nitrogens with zero attached hydrogens (tertiary/aromatic N) is 2. The van der Waals surface area contributed by atoms with Gasteiger partial charge in [-0.25, -0.2) is 4.68 Å². The molecule has 1 aromatic heterocycles. The van der Waals surface area contributed by atoms with Crippen molar-refractivity contribution in [2.24, 2.45) is 5.92 Å². The number of aromatic nitrogens is 2. The van der Waals surface area contributed by atoms with Gasteiger partial charge in [0.05, 0.1) is 18.5 Å². The van der Waals surface area contributed by atoms with E-state index < -0.39 is 0 Å². The first-order chi connectivity index (χ1) is 13.4. The van der Waals surface area contributed by atoms with Crippen LogP contribution in [0.1, 0.15) is 35.5 Å². The van der Waals surface area contributed by atoms with E-state index in [0.717, 1.165) is 28.3 Å². The molecular formula is C23H27N3O2. The molecule has 1 amide bonds. The molecule has 0 saturated carbocycles. The van der Waals surface area contributed by atoms with Crippen LogP contribution in [0.2, 0.25) is 0 Å². The first kappa shape index (κ1) is 19.7. The maximum atomic E-state index is 12.9. The van der Waals surface area contributed by atoms with Crippen molar-refractivity contribution in [3.63, 3.8) is 0 Å². The molecule has 0 fully saturated rings. The zero-order valence-electron chi connectivity index (χ0n) is 17.1. The molecule has 2 aromatic carbocycles. The Morgan fingerprint density at radius 1 is 1.14 bits per heavy atom. The van der Waals surface area contributed by atoms with Crippen molar-refractivity contribution in [1.82, 2.24) is 15.1 Å². The maximum absolute atomic E-state index is 12.9. The molecule has 5 nitrogen and oxygen atoms in total. The summed E-state index contributed by atoms with van der Waals surface area (Å²) < 4.78 is 7.06. The van der Waals surface area contributed by atoms with Gasteiger partial charge in [0.1, 0.15) is 11.4 Å². The van der Waals surface area contributed by atoms with Crippen LogP contribution in [0.5, 0.6) is 5.75 Å². The minimum atomic E-state index is -0.129. The van der Waals surface area contributed by atoms with Gasteiger partial charge in [-0.05, 0) is 49.6 Å². The standard InChI is InChI=1S/C23H27N3O2/c1-15(2)14-24-23(27)22-13-20(18-7-6-8-19(12-18)28-5)25-26(22)21-10-9-16(3)11-17(21)4/h6-13,15H,14H2,1-5H3,(H,24,27). The number of carbonyl (C=O) groups excluding carboxylic acids is 1. The van der Waals surface area contributed by atoms with Gasteiger partial charge in [0.15, 0.2) is 0 Å². The van der Waals surface area contributed by atoms with Gasteiger partial charge in [0.2, 0.25) is 0 Å². The number of hydrogen-bond donors (Lipinski definition) is 1. The predicted molar refractivity (Wildman–Crippen MR) is 112 cm³/mol. The van der Waals surface area contributed by atoms with Crippen LogP contribution in [-0.2, 0) is 0 Å². The molecule has 1 N–H and O–H groups in total. The first-order valence-electron chi connectivity index (χ1n) is 9.49. The lowest BCUT2D eigenvalue weighted by Gasteiger charge is -2.12. The van der Waals surface area contributed by atoms with Crippen molar-refractivity contribution >= 4 is 5.91 Å². The van der Waals surface area contributed by atoms with Crippen LogP contribution in [0.15, 0.2) is 48.5 Å². The Kier molecular flexibility index (Phi) is 5.83. The minimum absolute atomic E-state index is 0.129. The van der Waals surface area contributed by atoms with Crippen LogP contribution in [0.4, 0.5) is 0 Å². The van der Waals surface area contributed by atoms with Gasteiger partial charge in [0.25, 0.3) is 5.91 Å². The van der Waals surface area contributed by atoms with Gasteiger partial charge in [-0.1, -0.05) is 43.7 Å². The SMILES string of the molecule is COc1cccc(-c2cc(C(=O)NCC(C)C)n(-c3ccc(C)cc3C)n2)c1. The Hall–Kier alpha value is -3.08. The Morgan fingerprint density at radius 2 is 1.93 bits per heavy atom. The highest BCUT2D eigenvalue weighted by molar-refractivity contribution is 5.94. The Bertz CT molecular complexity index is 989. The average Bonchev–Trinajstić information content (AvgIpc) is 3.11. The van der Waals surface area contributed by atoms with Crippen molar-refractivity contribution in [3.05, 3.63) is 65.4 Å². The first-order valence-corrected chi connectivity index (χ1v) is 9.49. The molecule has 3 rings (SSSR count). The summed E-state index contributed by atoms with van der Waals surface area (Å²) in [5.74, 6) is 0.999. The highest BCUT2D eigenvalue weighted by atomic mass is 16.5. The van der Waals surface area contributed by atoms with E-state index >= 15 is 0 Å². The summed E-state index contributed by atoms with van der Waals surface area (Å²) in [6.07, 6.45) is 0. The van der Waals surface area contributed by atoms with Gasteiger partial charge in [-0.15, -0.1) is 0 Å². The topological polar surface area (TPSA) is 56.1 Å². The molecule has 146 valence electrons. The number of nitrogens with one attached hydrogen (secondary N) is 1. The predicted octanol–water partition coefficient (Wildman–Crippen LogP) is 4.55. The summed E-state index contributed by atoms with van der Waals surface area (Å²) in [6.45, 7) is 8.85. The molecule has 3 aromatic rings. The molecule has 0 atom stereocenters. The largest absolute Gasteiger partial charge is 0.497 e. The lowest BCUT2D eigenvalue weighted by Crippen LogP contribution is -2.29. The van der Waals surface area contributed by atoms with E-state index in [4.69, 9.17) is 9.84 Å².